The van der Waals surface area contributed by atoms with E-state index in [1.165, 1.54) is 10.5 Å². The van der Waals surface area contributed by atoms with E-state index in [4.69, 9.17) is 5.26 Å². The predicted octanol–water partition coefficient (Wildman–Crippen LogP) is 4.78. The van der Waals surface area contributed by atoms with Gasteiger partial charge in [-0.1, -0.05) is 17.7 Å². The molecule has 3 rings (SSSR count). The number of aryl methyl sites for hydroxylation is 2. The summed E-state index contributed by atoms with van der Waals surface area (Å²) in [5.74, 6) is 0. The molecule has 3 nitrogen and oxygen atoms in total. The van der Waals surface area contributed by atoms with E-state index in [-0.39, 0.29) is 0 Å². The Bertz CT molecular complexity index is 826. The van der Waals surface area contributed by atoms with Crippen LogP contribution < -0.4 is 4.72 Å². The Hall–Kier alpha value is -2.38. The molecule has 0 bridgehead atoms. The minimum atomic E-state index is 0.633. The third-order valence-electron chi connectivity index (χ3n) is 3.48. The lowest BCUT2D eigenvalue weighted by Crippen LogP contribution is -1.86. The molecule has 0 aliphatic carbocycles. The Morgan fingerprint density at radius 3 is 2.57 bits per heavy atom. The van der Waals surface area contributed by atoms with Crippen LogP contribution in [-0.4, -0.2) is 4.98 Å². The highest BCUT2D eigenvalue weighted by atomic mass is 32.2. The zero-order valence-electron chi connectivity index (χ0n) is 11.9. The number of fused-ring (bicyclic) bond motifs is 1. The fraction of sp³-hybridized carbons (Fsp3) is 0.118. The number of hydrogen-bond acceptors (Lipinski definition) is 3. The Morgan fingerprint density at radius 2 is 1.86 bits per heavy atom. The van der Waals surface area contributed by atoms with Crippen LogP contribution in [0.25, 0.3) is 10.9 Å². The van der Waals surface area contributed by atoms with Crippen LogP contribution in [0.2, 0.25) is 0 Å². The van der Waals surface area contributed by atoms with Gasteiger partial charge in [0.25, 0.3) is 0 Å². The molecule has 2 N–H and O–H groups in total. The first-order valence-electron chi connectivity index (χ1n) is 6.69. The average molecular weight is 293 g/mol. The van der Waals surface area contributed by atoms with Gasteiger partial charge in [-0.05, 0) is 61.7 Å². The second kappa shape index (κ2) is 5.55. The van der Waals surface area contributed by atoms with Gasteiger partial charge in [0, 0.05) is 21.5 Å². The summed E-state index contributed by atoms with van der Waals surface area (Å²) in [5, 5.41) is 10.1. The Morgan fingerprint density at radius 1 is 1.10 bits per heavy atom. The molecule has 21 heavy (non-hydrogen) atoms. The predicted molar refractivity (Wildman–Crippen MR) is 88.4 cm³/mol. The van der Waals surface area contributed by atoms with Crippen molar-refractivity contribution in [2.75, 3.05) is 4.72 Å². The first-order valence-corrected chi connectivity index (χ1v) is 7.51. The fourth-order valence-electron chi connectivity index (χ4n) is 2.23. The van der Waals surface area contributed by atoms with Gasteiger partial charge < -0.3 is 9.71 Å². The molecule has 2 aromatic carbocycles. The number of hydrogen-bond donors (Lipinski definition) is 2. The fourth-order valence-corrected chi connectivity index (χ4v) is 2.86. The van der Waals surface area contributed by atoms with Crippen molar-refractivity contribution in [1.29, 1.82) is 5.26 Å². The van der Waals surface area contributed by atoms with Gasteiger partial charge in [0.05, 0.1) is 0 Å². The summed E-state index contributed by atoms with van der Waals surface area (Å²) in [5.41, 5.74) is 4.91. The molecule has 0 fully saturated rings. The molecular weight excluding hydrogens is 278 g/mol. The highest BCUT2D eigenvalue weighted by Gasteiger charge is 2.07. The van der Waals surface area contributed by atoms with E-state index in [9.17, 15) is 0 Å². The van der Waals surface area contributed by atoms with Crippen molar-refractivity contribution >= 4 is 28.5 Å². The lowest BCUT2D eigenvalue weighted by atomic mass is 10.1. The quantitative estimate of drug-likeness (QED) is 0.683. The first-order chi connectivity index (χ1) is 10.2. The maximum Gasteiger partial charge on any atom is 0.121 e. The summed E-state index contributed by atoms with van der Waals surface area (Å²) in [7, 11) is 0. The average Bonchev–Trinajstić information content (AvgIpc) is 2.83. The van der Waals surface area contributed by atoms with Crippen molar-refractivity contribution in [2.24, 2.45) is 0 Å². The van der Waals surface area contributed by atoms with Crippen molar-refractivity contribution in [3.05, 3.63) is 59.3 Å². The monoisotopic (exact) mass is 293 g/mol. The van der Waals surface area contributed by atoms with Gasteiger partial charge in [0.1, 0.15) is 11.8 Å². The van der Waals surface area contributed by atoms with Gasteiger partial charge >= 0.3 is 0 Å². The maximum atomic E-state index is 9.06. The molecule has 0 amide bonds. The standard InChI is InChI=1S/C17H15N3S/c1-11-3-6-14(7-4-11)21-20-13-5-8-16-15(9-13)12(2)17(10-18)19-16/h3-9,19-20H,1-2H3. The SMILES string of the molecule is Cc1ccc(SNc2ccc3[nH]c(C#N)c(C)c3c2)cc1. The van der Waals surface area contributed by atoms with Crippen molar-refractivity contribution in [1.82, 2.24) is 4.98 Å². The number of rotatable bonds is 3. The molecule has 0 aliphatic heterocycles. The van der Waals surface area contributed by atoms with Crippen LogP contribution in [0.5, 0.6) is 0 Å². The summed E-state index contributed by atoms with van der Waals surface area (Å²) in [6.45, 7) is 4.05. The second-order valence-corrected chi connectivity index (χ2v) is 5.89. The molecule has 0 aliphatic rings. The van der Waals surface area contributed by atoms with E-state index in [1.54, 1.807) is 11.9 Å². The van der Waals surface area contributed by atoms with Crippen LogP contribution in [0.15, 0.2) is 47.4 Å². The minimum absolute atomic E-state index is 0.633. The Kier molecular flexibility index (Phi) is 3.59. The first kappa shape index (κ1) is 13.6. The topological polar surface area (TPSA) is 51.6 Å². The molecule has 104 valence electrons. The number of H-pyrrole nitrogens is 1. The normalized spacial score (nSPS) is 10.5. The van der Waals surface area contributed by atoms with Crippen molar-refractivity contribution in [3.8, 4) is 6.07 Å². The lowest BCUT2D eigenvalue weighted by Gasteiger charge is -2.06. The minimum Gasteiger partial charge on any atom is -0.346 e. The molecule has 0 atom stereocenters. The molecule has 3 aromatic rings. The zero-order chi connectivity index (χ0) is 14.8. The van der Waals surface area contributed by atoms with Gasteiger partial charge in [-0.2, -0.15) is 5.26 Å². The summed E-state index contributed by atoms with van der Waals surface area (Å²) in [6, 6.07) is 16.7. The molecule has 4 heteroatoms. The third kappa shape index (κ3) is 2.74. The van der Waals surface area contributed by atoms with E-state index < -0.39 is 0 Å². The summed E-state index contributed by atoms with van der Waals surface area (Å²) < 4.78 is 3.35. The van der Waals surface area contributed by atoms with Crippen molar-refractivity contribution < 1.29 is 0 Å². The summed E-state index contributed by atoms with van der Waals surface area (Å²) >= 11 is 1.58. The Labute approximate surface area is 128 Å². The van der Waals surface area contributed by atoms with E-state index in [1.807, 2.05) is 19.1 Å². The smallest absolute Gasteiger partial charge is 0.121 e. The zero-order valence-corrected chi connectivity index (χ0v) is 12.7. The van der Waals surface area contributed by atoms with Crippen LogP contribution >= 0.6 is 11.9 Å². The van der Waals surface area contributed by atoms with E-state index in [0.717, 1.165) is 22.2 Å². The largest absolute Gasteiger partial charge is 0.346 e. The van der Waals surface area contributed by atoms with Crippen LogP contribution in [0, 0.1) is 25.2 Å². The molecule has 1 aromatic heterocycles. The van der Waals surface area contributed by atoms with Crippen molar-refractivity contribution in [2.45, 2.75) is 18.7 Å². The third-order valence-corrected chi connectivity index (χ3v) is 4.32. The van der Waals surface area contributed by atoms with Crippen LogP contribution in [0.1, 0.15) is 16.8 Å². The molecular formula is C17H15N3S. The second-order valence-electron chi connectivity index (χ2n) is 5.01. The molecule has 1 heterocycles. The van der Waals surface area contributed by atoms with Gasteiger partial charge in [-0.3, -0.25) is 0 Å². The highest BCUT2D eigenvalue weighted by molar-refractivity contribution is 8.00. The van der Waals surface area contributed by atoms with Gasteiger partial charge in [-0.25, -0.2) is 0 Å². The van der Waals surface area contributed by atoms with E-state index in [0.29, 0.717) is 5.69 Å². The maximum absolute atomic E-state index is 9.06. The molecule has 0 saturated heterocycles. The van der Waals surface area contributed by atoms with Crippen molar-refractivity contribution in [3.63, 3.8) is 0 Å². The number of aromatic nitrogens is 1. The number of nitrogens with one attached hydrogen (secondary N) is 2. The van der Waals surface area contributed by atoms with E-state index in [2.05, 4.69) is 53.0 Å². The number of benzene rings is 2. The number of anilines is 1. The number of nitrogens with zero attached hydrogens (tertiary/aromatic N) is 1. The summed E-state index contributed by atoms with van der Waals surface area (Å²) in [6.07, 6.45) is 0. The molecule has 0 spiro atoms. The van der Waals surface area contributed by atoms with Gasteiger partial charge in [-0.15, -0.1) is 0 Å². The van der Waals surface area contributed by atoms with Crippen LogP contribution in [-0.2, 0) is 0 Å². The molecule has 0 unspecified atom stereocenters. The van der Waals surface area contributed by atoms with E-state index >= 15 is 0 Å². The molecule has 0 radical (unpaired) electrons. The van der Waals surface area contributed by atoms with Gasteiger partial charge in [0.15, 0.2) is 0 Å². The van der Waals surface area contributed by atoms with Crippen LogP contribution in [0.3, 0.4) is 0 Å². The molecule has 0 saturated carbocycles. The Balaban J connectivity index is 1.83. The highest BCUT2D eigenvalue weighted by Crippen LogP contribution is 2.27. The lowest BCUT2D eigenvalue weighted by molar-refractivity contribution is 1.33. The number of aromatic amines is 1. The van der Waals surface area contributed by atoms with Crippen LogP contribution in [0.4, 0.5) is 5.69 Å². The number of nitriles is 1. The van der Waals surface area contributed by atoms with Gasteiger partial charge in [0.2, 0.25) is 0 Å². The summed E-state index contributed by atoms with van der Waals surface area (Å²) in [4.78, 5) is 4.30.